The number of H-pyrrole nitrogens is 1. The van der Waals surface area contributed by atoms with E-state index in [0.29, 0.717) is 6.42 Å². The van der Waals surface area contributed by atoms with E-state index in [4.69, 9.17) is 4.74 Å². The van der Waals surface area contributed by atoms with Gasteiger partial charge >= 0.3 is 0 Å². The van der Waals surface area contributed by atoms with E-state index in [2.05, 4.69) is 15.5 Å². The standard InChI is InChI=1S/C19H22FN3O3/c1-26-9-8-18(24)21-17-11-12(6-7-15(17)20)10-16-13-4-2-3-5-14(13)19(25)23-22-16/h6-7,11H,2-5,8-10H2,1H3,(H,21,24)(H,23,25). The fraction of sp³-hybridized carbons (Fsp3) is 0.421. The zero-order chi connectivity index (χ0) is 18.5. The lowest BCUT2D eigenvalue weighted by Crippen LogP contribution is -2.23. The first kappa shape index (κ1) is 18.3. The Kier molecular flexibility index (Phi) is 5.78. The number of methoxy groups -OCH3 is 1. The van der Waals surface area contributed by atoms with Gasteiger partial charge in [0.2, 0.25) is 5.91 Å². The minimum absolute atomic E-state index is 0.117. The van der Waals surface area contributed by atoms with Gasteiger partial charge in [0, 0.05) is 19.1 Å². The second-order valence-corrected chi connectivity index (χ2v) is 6.45. The summed E-state index contributed by atoms with van der Waals surface area (Å²) in [7, 11) is 1.51. The van der Waals surface area contributed by atoms with E-state index in [-0.39, 0.29) is 30.2 Å². The molecule has 1 aliphatic rings. The number of fused-ring (bicyclic) bond motifs is 1. The average molecular weight is 359 g/mol. The zero-order valence-corrected chi connectivity index (χ0v) is 14.7. The Morgan fingerprint density at radius 2 is 2.08 bits per heavy atom. The first-order chi connectivity index (χ1) is 12.6. The van der Waals surface area contributed by atoms with Gasteiger partial charge in [-0.15, -0.1) is 0 Å². The number of carbonyl (C=O) groups excluding carboxylic acids is 1. The number of aromatic nitrogens is 2. The summed E-state index contributed by atoms with van der Waals surface area (Å²) >= 11 is 0. The maximum atomic E-state index is 14.0. The van der Waals surface area contributed by atoms with E-state index >= 15 is 0 Å². The van der Waals surface area contributed by atoms with E-state index in [9.17, 15) is 14.0 Å². The molecule has 0 radical (unpaired) electrons. The SMILES string of the molecule is COCCC(=O)Nc1cc(Cc2n[nH]c(=O)c3c2CCCC3)ccc1F. The van der Waals surface area contributed by atoms with Crippen molar-refractivity contribution >= 4 is 11.6 Å². The van der Waals surface area contributed by atoms with Crippen molar-refractivity contribution in [2.45, 2.75) is 38.5 Å². The lowest BCUT2D eigenvalue weighted by atomic mass is 9.90. The molecule has 6 nitrogen and oxygen atoms in total. The Hall–Kier alpha value is -2.54. The third kappa shape index (κ3) is 4.16. The van der Waals surface area contributed by atoms with Crippen LogP contribution in [0.15, 0.2) is 23.0 Å². The summed E-state index contributed by atoms with van der Waals surface area (Å²) in [5.74, 6) is -0.793. The van der Waals surface area contributed by atoms with Crippen LogP contribution < -0.4 is 10.9 Å². The predicted molar refractivity (Wildman–Crippen MR) is 95.8 cm³/mol. The van der Waals surface area contributed by atoms with Crippen LogP contribution in [0.2, 0.25) is 0 Å². The molecule has 1 aromatic carbocycles. The molecule has 26 heavy (non-hydrogen) atoms. The monoisotopic (exact) mass is 359 g/mol. The number of hydrogen-bond donors (Lipinski definition) is 2. The molecule has 1 amide bonds. The number of nitrogens with one attached hydrogen (secondary N) is 2. The summed E-state index contributed by atoms with van der Waals surface area (Å²) in [6.45, 7) is 0.278. The van der Waals surface area contributed by atoms with Crippen molar-refractivity contribution in [3.8, 4) is 0 Å². The highest BCUT2D eigenvalue weighted by Gasteiger charge is 2.18. The van der Waals surface area contributed by atoms with E-state index < -0.39 is 5.82 Å². The minimum atomic E-state index is -0.490. The first-order valence-corrected chi connectivity index (χ1v) is 8.75. The Morgan fingerprint density at radius 1 is 1.31 bits per heavy atom. The van der Waals surface area contributed by atoms with Crippen molar-refractivity contribution in [1.29, 1.82) is 0 Å². The molecule has 0 unspecified atom stereocenters. The summed E-state index contributed by atoms with van der Waals surface area (Å²) in [5, 5.41) is 9.34. The van der Waals surface area contributed by atoms with Crippen LogP contribution in [0.25, 0.3) is 0 Å². The van der Waals surface area contributed by atoms with Gasteiger partial charge in [-0.2, -0.15) is 5.10 Å². The van der Waals surface area contributed by atoms with Gasteiger partial charge in [0.05, 0.1) is 24.4 Å². The fourth-order valence-corrected chi connectivity index (χ4v) is 3.25. The first-order valence-electron chi connectivity index (χ1n) is 8.75. The molecular weight excluding hydrogens is 337 g/mol. The van der Waals surface area contributed by atoms with Crippen LogP contribution in [0, 0.1) is 5.82 Å². The number of carbonyl (C=O) groups is 1. The molecule has 7 heteroatoms. The van der Waals surface area contributed by atoms with Gasteiger partial charge in [0.1, 0.15) is 5.82 Å². The van der Waals surface area contributed by atoms with Gasteiger partial charge in [-0.05, 0) is 48.9 Å². The molecule has 1 aliphatic carbocycles. The largest absolute Gasteiger partial charge is 0.384 e. The quantitative estimate of drug-likeness (QED) is 0.829. The summed E-state index contributed by atoms with van der Waals surface area (Å²) in [4.78, 5) is 23.8. The van der Waals surface area contributed by atoms with Crippen molar-refractivity contribution in [2.75, 3.05) is 19.0 Å². The van der Waals surface area contributed by atoms with Crippen LogP contribution in [0.4, 0.5) is 10.1 Å². The molecule has 0 saturated heterocycles. The van der Waals surface area contributed by atoms with Crippen LogP contribution in [-0.2, 0) is 28.8 Å². The van der Waals surface area contributed by atoms with Crippen molar-refractivity contribution in [2.24, 2.45) is 0 Å². The van der Waals surface area contributed by atoms with Crippen LogP contribution in [0.5, 0.6) is 0 Å². The molecular formula is C19H22FN3O3. The maximum Gasteiger partial charge on any atom is 0.267 e. The molecule has 0 fully saturated rings. The lowest BCUT2D eigenvalue weighted by Gasteiger charge is -2.17. The number of anilines is 1. The van der Waals surface area contributed by atoms with Gasteiger partial charge < -0.3 is 10.1 Å². The Bertz CT molecular complexity index is 864. The summed E-state index contributed by atoms with van der Waals surface area (Å²) in [5.41, 5.74) is 3.48. The van der Waals surface area contributed by atoms with Crippen molar-refractivity contribution in [3.05, 3.63) is 56.8 Å². The minimum Gasteiger partial charge on any atom is -0.384 e. The number of benzene rings is 1. The highest BCUT2D eigenvalue weighted by molar-refractivity contribution is 5.91. The number of aromatic amines is 1. The molecule has 2 N–H and O–H groups in total. The highest BCUT2D eigenvalue weighted by atomic mass is 19.1. The van der Waals surface area contributed by atoms with Gasteiger partial charge in [-0.25, -0.2) is 9.49 Å². The van der Waals surface area contributed by atoms with Crippen molar-refractivity contribution in [1.82, 2.24) is 10.2 Å². The van der Waals surface area contributed by atoms with Gasteiger partial charge in [0.25, 0.3) is 5.56 Å². The number of halogens is 1. The third-order valence-electron chi connectivity index (χ3n) is 4.59. The van der Waals surface area contributed by atoms with E-state index in [1.807, 2.05) is 0 Å². The maximum absolute atomic E-state index is 14.0. The number of nitrogens with zero attached hydrogens (tertiary/aromatic N) is 1. The topological polar surface area (TPSA) is 84.1 Å². The second kappa shape index (κ2) is 8.23. The summed E-state index contributed by atoms with van der Waals surface area (Å²) in [6.07, 6.45) is 4.28. The number of hydrogen-bond acceptors (Lipinski definition) is 4. The molecule has 138 valence electrons. The van der Waals surface area contributed by atoms with Crippen LogP contribution in [-0.4, -0.2) is 29.8 Å². The van der Waals surface area contributed by atoms with Crippen LogP contribution in [0.3, 0.4) is 0 Å². The highest BCUT2D eigenvalue weighted by Crippen LogP contribution is 2.24. The fourth-order valence-electron chi connectivity index (χ4n) is 3.25. The summed E-state index contributed by atoms with van der Waals surface area (Å²) < 4.78 is 18.9. The van der Waals surface area contributed by atoms with Gasteiger partial charge in [0.15, 0.2) is 0 Å². The van der Waals surface area contributed by atoms with E-state index in [1.165, 1.54) is 13.2 Å². The Balaban J connectivity index is 1.82. The molecule has 0 aliphatic heterocycles. The molecule has 0 spiro atoms. The van der Waals surface area contributed by atoms with E-state index in [1.54, 1.807) is 12.1 Å². The number of ether oxygens (including phenoxy) is 1. The molecule has 3 rings (SSSR count). The smallest absolute Gasteiger partial charge is 0.267 e. The van der Waals surface area contributed by atoms with Crippen molar-refractivity contribution in [3.63, 3.8) is 0 Å². The molecule has 1 aromatic heterocycles. The lowest BCUT2D eigenvalue weighted by molar-refractivity contribution is -0.117. The molecule has 0 atom stereocenters. The van der Waals surface area contributed by atoms with Gasteiger partial charge in [-0.1, -0.05) is 6.07 Å². The zero-order valence-electron chi connectivity index (χ0n) is 14.7. The Morgan fingerprint density at radius 3 is 2.85 bits per heavy atom. The van der Waals surface area contributed by atoms with E-state index in [0.717, 1.165) is 48.1 Å². The molecule has 0 bridgehead atoms. The molecule has 0 saturated carbocycles. The molecule has 1 heterocycles. The van der Waals surface area contributed by atoms with Gasteiger partial charge in [-0.3, -0.25) is 9.59 Å². The predicted octanol–water partition coefficient (Wildman–Crippen LogP) is 2.35. The second-order valence-electron chi connectivity index (χ2n) is 6.45. The average Bonchev–Trinajstić information content (AvgIpc) is 2.65. The normalized spacial score (nSPS) is 13.3. The van der Waals surface area contributed by atoms with Crippen molar-refractivity contribution < 1.29 is 13.9 Å². The van der Waals surface area contributed by atoms with Crippen LogP contribution >= 0.6 is 0 Å². The number of rotatable bonds is 6. The Labute approximate surface area is 150 Å². The van der Waals surface area contributed by atoms with Crippen LogP contribution in [0.1, 0.15) is 41.6 Å². The summed E-state index contributed by atoms with van der Waals surface area (Å²) in [6, 6.07) is 4.61. The number of amides is 1. The molecule has 2 aromatic rings. The third-order valence-corrected chi connectivity index (χ3v) is 4.59.